The topological polar surface area (TPSA) is 46.2 Å². The van der Waals surface area contributed by atoms with Gasteiger partial charge in [-0.25, -0.2) is 8.42 Å². The van der Waals surface area contributed by atoms with E-state index in [1.165, 1.54) is 6.07 Å². The molecule has 0 amide bonds. The lowest BCUT2D eigenvalue weighted by Crippen LogP contribution is -2.18. The maximum Gasteiger partial charge on any atom is 0.417 e. The van der Waals surface area contributed by atoms with Gasteiger partial charge in [-0.3, -0.25) is 4.72 Å². The van der Waals surface area contributed by atoms with Crippen LogP contribution in [0.4, 0.5) is 18.9 Å². The molecule has 0 unspecified atom stereocenters. The van der Waals surface area contributed by atoms with E-state index in [0.29, 0.717) is 18.9 Å². The summed E-state index contributed by atoms with van der Waals surface area (Å²) >= 11 is 5.51. The van der Waals surface area contributed by atoms with Crippen molar-refractivity contribution in [2.24, 2.45) is 0 Å². The molecule has 0 aromatic heterocycles. The van der Waals surface area contributed by atoms with Gasteiger partial charge in [0.15, 0.2) is 0 Å². The molecule has 0 fully saturated rings. The predicted molar refractivity (Wildman–Crippen MR) is 88.6 cm³/mol. The molecule has 130 valence electrons. The minimum absolute atomic E-state index is 0.161. The van der Waals surface area contributed by atoms with E-state index in [0.717, 1.165) is 11.6 Å². The zero-order valence-corrected chi connectivity index (χ0v) is 14.0. The summed E-state index contributed by atoms with van der Waals surface area (Å²) in [4.78, 5) is 0. The summed E-state index contributed by atoms with van der Waals surface area (Å²) in [6.45, 7) is 0. The van der Waals surface area contributed by atoms with E-state index < -0.39 is 26.8 Å². The molecule has 2 aromatic rings. The van der Waals surface area contributed by atoms with Gasteiger partial charge in [0.2, 0.25) is 10.0 Å². The fourth-order valence-electron chi connectivity index (χ4n) is 2.15. The van der Waals surface area contributed by atoms with Gasteiger partial charge in [-0.2, -0.15) is 13.2 Å². The van der Waals surface area contributed by atoms with Gasteiger partial charge in [-0.1, -0.05) is 41.9 Å². The lowest BCUT2D eigenvalue weighted by atomic mass is 10.1. The number of aryl methyl sites for hydroxylation is 1. The van der Waals surface area contributed by atoms with Crippen LogP contribution in [-0.4, -0.2) is 14.2 Å². The zero-order chi connectivity index (χ0) is 17.8. The fraction of sp³-hybridized carbons (Fsp3) is 0.250. The quantitative estimate of drug-likeness (QED) is 0.790. The number of hydrogen-bond acceptors (Lipinski definition) is 2. The summed E-state index contributed by atoms with van der Waals surface area (Å²) in [5.74, 6) is -0.189. The number of sulfonamides is 1. The van der Waals surface area contributed by atoms with Crippen molar-refractivity contribution in [1.29, 1.82) is 0 Å². The molecule has 0 aliphatic carbocycles. The van der Waals surface area contributed by atoms with Gasteiger partial charge in [0.05, 0.1) is 16.3 Å². The Kier molecular flexibility index (Phi) is 5.77. The molecule has 0 saturated heterocycles. The molecule has 0 bridgehead atoms. The molecule has 0 aliphatic rings. The highest BCUT2D eigenvalue weighted by molar-refractivity contribution is 7.92. The third-order valence-electron chi connectivity index (χ3n) is 3.27. The first kappa shape index (κ1) is 18.6. The summed E-state index contributed by atoms with van der Waals surface area (Å²) in [7, 11) is -3.74. The van der Waals surface area contributed by atoms with E-state index in [2.05, 4.69) is 4.72 Å². The summed E-state index contributed by atoms with van der Waals surface area (Å²) in [6, 6.07) is 12.3. The Morgan fingerprint density at radius 1 is 1.04 bits per heavy atom. The van der Waals surface area contributed by atoms with E-state index in [1.54, 1.807) is 0 Å². The second-order valence-electron chi connectivity index (χ2n) is 5.20. The lowest BCUT2D eigenvalue weighted by molar-refractivity contribution is -0.137. The van der Waals surface area contributed by atoms with Gasteiger partial charge in [-0.15, -0.1) is 0 Å². The summed E-state index contributed by atoms with van der Waals surface area (Å²) in [5, 5.41) is -0.477. The molecule has 2 rings (SSSR count). The fourth-order valence-corrected chi connectivity index (χ4v) is 3.48. The third-order valence-corrected chi connectivity index (χ3v) is 4.97. The number of halogens is 4. The molecule has 0 radical (unpaired) electrons. The molecule has 0 atom stereocenters. The number of rotatable bonds is 6. The number of benzene rings is 2. The van der Waals surface area contributed by atoms with Crippen molar-refractivity contribution in [2.45, 2.75) is 19.0 Å². The van der Waals surface area contributed by atoms with Crippen LogP contribution >= 0.6 is 11.6 Å². The number of nitrogens with one attached hydrogen (secondary N) is 1. The molecule has 0 saturated carbocycles. The summed E-state index contributed by atoms with van der Waals surface area (Å²) < 4.78 is 64.6. The summed E-state index contributed by atoms with van der Waals surface area (Å²) in [5.41, 5.74) is -0.237. The van der Waals surface area contributed by atoms with Gasteiger partial charge in [0, 0.05) is 5.69 Å². The van der Waals surface area contributed by atoms with Gasteiger partial charge in [0.1, 0.15) is 0 Å². The van der Waals surface area contributed by atoms with Crippen LogP contribution in [0.5, 0.6) is 0 Å². The second-order valence-corrected chi connectivity index (χ2v) is 7.45. The van der Waals surface area contributed by atoms with E-state index in [9.17, 15) is 21.6 Å². The first-order chi connectivity index (χ1) is 11.2. The zero-order valence-electron chi connectivity index (χ0n) is 12.5. The largest absolute Gasteiger partial charge is 0.417 e. The van der Waals surface area contributed by atoms with Crippen LogP contribution in [0.1, 0.15) is 17.5 Å². The van der Waals surface area contributed by atoms with Crippen LogP contribution in [0.3, 0.4) is 0 Å². The molecule has 2 aromatic carbocycles. The van der Waals surface area contributed by atoms with Crippen LogP contribution in [-0.2, 0) is 22.6 Å². The Morgan fingerprint density at radius 2 is 1.71 bits per heavy atom. The molecule has 0 spiro atoms. The predicted octanol–water partition coefficient (Wildman–Crippen LogP) is 4.73. The van der Waals surface area contributed by atoms with Crippen molar-refractivity contribution in [2.75, 3.05) is 10.5 Å². The van der Waals surface area contributed by atoms with Gasteiger partial charge < -0.3 is 0 Å². The van der Waals surface area contributed by atoms with Crippen molar-refractivity contribution in [3.63, 3.8) is 0 Å². The van der Waals surface area contributed by atoms with Gasteiger partial charge >= 0.3 is 6.18 Å². The van der Waals surface area contributed by atoms with Crippen LogP contribution in [0.15, 0.2) is 48.5 Å². The average molecular weight is 378 g/mol. The van der Waals surface area contributed by atoms with Gasteiger partial charge in [0.25, 0.3) is 0 Å². The Balaban J connectivity index is 2.01. The highest BCUT2D eigenvalue weighted by atomic mass is 35.5. The lowest BCUT2D eigenvalue weighted by Gasteiger charge is -2.12. The van der Waals surface area contributed by atoms with Gasteiger partial charge in [-0.05, 0) is 36.6 Å². The van der Waals surface area contributed by atoms with Crippen molar-refractivity contribution in [1.82, 2.24) is 0 Å². The maximum atomic E-state index is 12.8. The number of alkyl halides is 3. The van der Waals surface area contributed by atoms with Crippen LogP contribution < -0.4 is 4.72 Å². The highest BCUT2D eigenvalue weighted by Gasteiger charge is 2.33. The SMILES string of the molecule is O=S(=O)(CCCc1ccccc1)Nc1ccc(Cl)c(C(F)(F)F)c1. The minimum Gasteiger partial charge on any atom is -0.284 e. The third kappa shape index (κ3) is 5.42. The number of hydrogen-bond donors (Lipinski definition) is 1. The number of anilines is 1. The molecule has 0 heterocycles. The standard InChI is InChI=1S/C16H15ClF3NO2S/c17-15-9-8-13(11-14(15)16(18,19)20)21-24(22,23)10-4-7-12-5-2-1-3-6-12/h1-3,5-6,8-9,11,21H,4,7,10H2. The van der Waals surface area contributed by atoms with Crippen molar-refractivity contribution in [3.8, 4) is 0 Å². The molecule has 24 heavy (non-hydrogen) atoms. The Morgan fingerprint density at radius 3 is 2.33 bits per heavy atom. The van der Waals surface area contributed by atoms with E-state index in [4.69, 9.17) is 11.6 Å². The Bertz CT molecular complexity index is 793. The Hall–Kier alpha value is -1.73. The van der Waals surface area contributed by atoms with Crippen LogP contribution in [0.25, 0.3) is 0 Å². The maximum absolute atomic E-state index is 12.8. The molecular formula is C16H15ClF3NO2S. The highest BCUT2D eigenvalue weighted by Crippen LogP contribution is 2.36. The van der Waals surface area contributed by atoms with Crippen LogP contribution in [0, 0.1) is 0 Å². The second kappa shape index (κ2) is 7.44. The smallest absolute Gasteiger partial charge is 0.284 e. The molecular weight excluding hydrogens is 363 g/mol. The molecule has 3 nitrogen and oxygen atoms in total. The van der Waals surface area contributed by atoms with Crippen LogP contribution in [0.2, 0.25) is 5.02 Å². The van der Waals surface area contributed by atoms with Crippen molar-refractivity contribution >= 4 is 27.3 Å². The minimum atomic E-state index is -4.65. The van der Waals surface area contributed by atoms with Crippen molar-refractivity contribution in [3.05, 3.63) is 64.7 Å². The molecule has 0 aliphatic heterocycles. The Labute approximate surface area is 143 Å². The normalized spacial score (nSPS) is 12.2. The molecule has 1 N–H and O–H groups in total. The first-order valence-corrected chi connectivity index (χ1v) is 9.11. The molecule has 8 heteroatoms. The average Bonchev–Trinajstić information content (AvgIpc) is 2.49. The van der Waals surface area contributed by atoms with E-state index in [-0.39, 0.29) is 11.4 Å². The first-order valence-electron chi connectivity index (χ1n) is 7.08. The monoisotopic (exact) mass is 377 g/mol. The van der Waals surface area contributed by atoms with E-state index >= 15 is 0 Å². The van der Waals surface area contributed by atoms with E-state index in [1.807, 2.05) is 30.3 Å². The summed E-state index contributed by atoms with van der Waals surface area (Å²) in [6.07, 6.45) is -3.72. The van der Waals surface area contributed by atoms with Crippen molar-refractivity contribution < 1.29 is 21.6 Å².